The molecule has 0 spiro atoms. The van der Waals surface area contributed by atoms with Crippen molar-refractivity contribution in [2.24, 2.45) is 0 Å². The van der Waals surface area contributed by atoms with Crippen molar-refractivity contribution in [3.05, 3.63) is 47.0 Å². The fraction of sp³-hybridized carbons (Fsp3) is 0.100. The van der Waals surface area contributed by atoms with Crippen molar-refractivity contribution in [2.75, 3.05) is 0 Å². The Hall–Kier alpha value is -0.890. The highest BCUT2D eigenvalue weighted by molar-refractivity contribution is 9.10. The zero-order valence-corrected chi connectivity index (χ0v) is 8.17. The van der Waals surface area contributed by atoms with Gasteiger partial charge < -0.3 is 0 Å². The third kappa shape index (κ3) is 2.31. The van der Waals surface area contributed by atoms with E-state index in [1.807, 2.05) is 24.3 Å². The van der Waals surface area contributed by atoms with Crippen molar-refractivity contribution < 1.29 is 4.79 Å². The molecule has 0 fully saturated rings. The van der Waals surface area contributed by atoms with Crippen LogP contribution in [0.15, 0.2) is 41.4 Å². The number of hydrogen-bond donors (Lipinski definition) is 0. The standard InChI is InChI=1S/C10H9BrO/c1-2-9(12)7-8-5-3-4-6-10(8)11/h2-6H,1,7H2. The molecule has 0 heterocycles. The van der Waals surface area contributed by atoms with Crippen molar-refractivity contribution in [3.63, 3.8) is 0 Å². The highest BCUT2D eigenvalue weighted by atomic mass is 79.9. The second kappa shape index (κ2) is 4.21. The third-order valence-electron chi connectivity index (χ3n) is 1.55. The van der Waals surface area contributed by atoms with Crippen LogP contribution in [0.1, 0.15) is 5.56 Å². The maximum Gasteiger partial charge on any atom is 0.159 e. The van der Waals surface area contributed by atoms with Crippen molar-refractivity contribution >= 4 is 21.7 Å². The average Bonchev–Trinajstić information content (AvgIpc) is 2.09. The molecular weight excluding hydrogens is 216 g/mol. The highest BCUT2D eigenvalue weighted by Crippen LogP contribution is 2.16. The van der Waals surface area contributed by atoms with Gasteiger partial charge in [0.2, 0.25) is 0 Å². The molecule has 1 aromatic carbocycles. The lowest BCUT2D eigenvalue weighted by molar-refractivity contribution is -0.114. The summed E-state index contributed by atoms with van der Waals surface area (Å²) in [5.41, 5.74) is 1.00. The third-order valence-corrected chi connectivity index (χ3v) is 2.32. The zero-order chi connectivity index (χ0) is 8.97. The van der Waals surface area contributed by atoms with Gasteiger partial charge in [-0.15, -0.1) is 0 Å². The van der Waals surface area contributed by atoms with Gasteiger partial charge in [0, 0.05) is 10.9 Å². The molecule has 0 aliphatic carbocycles. The Balaban J connectivity index is 2.82. The summed E-state index contributed by atoms with van der Waals surface area (Å²) in [6.45, 7) is 3.42. The molecule has 0 aromatic heterocycles. The summed E-state index contributed by atoms with van der Waals surface area (Å²) in [7, 11) is 0. The van der Waals surface area contributed by atoms with Crippen LogP contribution in [0.25, 0.3) is 0 Å². The van der Waals surface area contributed by atoms with Crippen LogP contribution < -0.4 is 0 Å². The molecule has 62 valence electrons. The van der Waals surface area contributed by atoms with Gasteiger partial charge in [-0.2, -0.15) is 0 Å². The van der Waals surface area contributed by atoms with Crippen LogP contribution >= 0.6 is 15.9 Å². The molecule has 0 amide bonds. The molecule has 0 saturated carbocycles. The van der Waals surface area contributed by atoms with Crippen LogP contribution in [-0.4, -0.2) is 5.78 Å². The first kappa shape index (κ1) is 9.20. The smallest absolute Gasteiger partial charge is 0.159 e. The summed E-state index contributed by atoms with van der Waals surface area (Å²) in [4.78, 5) is 11.0. The Bertz CT molecular complexity index is 304. The number of benzene rings is 1. The number of carbonyl (C=O) groups is 1. The Morgan fingerprint density at radius 2 is 2.17 bits per heavy atom. The summed E-state index contributed by atoms with van der Waals surface area (Å²) in [5, 5.41) is 0. The molecule has 0 unspecified atom stereocenters. The second-order valence-electron chi connectivity index (χ2n) is 2.44. The van der Waals surface area contributed by atoms with E-state index in [0.29, 0.717) is 6.42 Å². The van der Waals surface area contributed by atoms with E-state index in [2.05, 4.69) is 22.5 Å². The predicted octanol–water partition coefficient (Wildman–Crippen LogP) is 2.75. The van der Waals surface area contributed by atoms with E-state index in [0.717, 1.165) is 10.0 Å². The fourth-order valence-electron chi connectivity index (χ4n) is 0.902. The van der Waals surface area contributed by atoms with Crippen LogP contribution in [0.2, 0.25) is 0 Å². The zero-order valence-electron chi connectivity index (χ0n) is 6.59. The van der Waals surface area contributed by atoms with Crippen LogP contribution in [-0.2, 0) is 11.2 Å². The van der Waals surface area contributed by atoms with Gasteiger partial charge in [-0.1, -0.05) is 40.7 Å². The van der Waals surface area contributed by atoms with E-state index >= 15 is 0 Å². The number of allylic oxidation sites excluding steroid dienone is 1. The molecule has 2 heteroatoms. The maximum absolute atomic E-state index is 11.0. The Kier molecular flexibility index (Phi) is 3.23. The van der Waals surface area contributed by atoms with E-state index in [1.165, 1.54) is 6.08 Å². The molecule has 0 radical (unpaired) electrons. The van der Waals surface area contributed by atoms with Crippen molar-refractivity contribution in [1.29, 1.82) is 0 Å². The van der Waals surface area contributed by atoms with E-state index in [4.69, 9.17) is 0 Å². The quantitative estimate of drug-likeness (QED) is 0.723. The predicted molar refractivity (Wildman–Crippen MR) is 53.1 cm³/mol. The van der Waals surface area contributed by atoms with Gasteiger partial charge in [0.15, 0.2) is 5.78 Å². The minimum absolute atomic E-state index is 0.0434. The highest BCUT2D eigenvalue weighted by Gasteiger charge is 2.01. The summed E-state index contributed by atoms with van der Waals surface area (Å²) in [6, 6.07) is 7.68. The summed E-state index contributed by atoms with van der Waals surface area (Å²) in [5.74, 6) is 0.0434. The molecule has 0 aliphatic heterocycles. The first-order chi connectivity index (χ1) is 5.74. The van der Waals surface area contributed by atoms with Gasteiger partial charge in [0.05, 0.1) is 0 Å². The molecule has 1 rings (SSSR count). The van der Waals surface area contributed by atoms with Gasteiger partial charge in [0.1, 0.15) is 0 Å². The Labute approximate surface area is 80.2 Å². The molecule has 0 N–H and O–H groups in total. The molecule has 0 bridgehead atoms. The second-order valence-corrected chi connectivity index (χ2v) is 3.29. The lowest BCUT2D eigenvalue weighted by Crippen LogP contribution is -1.98. The fourth-order valence-corrected chi connectivity index (χ4v) is 1.33. The maximum atomic E-state index is 11.0. The first-order valence-electron chi connectivity index (χ1n) is 3.62. The molecule has 12 heavy (non-hydrogen) atoms. The monoisotopic (exact) mass is 224 g/mol. The van der Waals surface area contributed by atoms with Crippen LogP contribution in [0, 0.1) is 0 Å². The number of carbonyl (C=O) groups excluding carboxylic acids is 1. The van der Waals surface area contributed by atoms with Crippen LogP contribution in [0.3, 0.4) is 0 Å². The number of halogens is 1. The summed E-state index contributed by atoms with van der Waals surface area (Å²) >= 11 is 3.37. The molecule has 1 nitrogen and oxygen atoms in total. The van der Waals surface area contributed by atoms with E-state index in [1.54, 1.807) is 0 Å². The average molecular weight is 225 g/mol. The van der Waals surface area contributed by atoms with Gasteiger partial charge in [0.25, 0.3) is 0 Å². The molecule has 0 aliphatic rings. The van der Waals surface area contributed by atoms with Crippen molar-refractivity contribution in [1.82, 2.24) is 0 Å². The lowest BCUT2D eigenvalue weighted by atomic mass is 10.1. The van der Waals surface area contributed by atoms with Crippen molar-refractivity contribution in [2.45, 2.75) is 6.42 Å². The number of rotatable bonds is 3. The van der Waals surface area contributed by atoms with Gasteiger partial charge in [-0.3, -0.25) is 4.79 Å². The summed E-state index contributed by atoms with van der Waals surface area (Å²) < 4.78 is 0.972. The molecule has 0 atom stereocenters. The largest absolute Gasteiger partial charge is 0.295 e. The number of hydrogen-bond acceptors (Lipinski definition) is 1. The van der Waals surface area contributed by atoms with Gasteiger partial charge >= 0.3 is 0 Å². The normalized spacial score (nSPS) is 9.42. The van der Waals surface area contributed by atoms with Crippen molar-refractivity contribution in [3.8, 4) is 0 Å². The van der Waals surface area contributed by atoms with E-state index < -0.39 is 0 Å². The SMILES string of the molecule is C=CC(=O)Cc1ccccc1Br. The molecule has 1 aromatic rings. The van der Waals surface area contributed by atoms with Gasteiger partial charge in [-0.05, 0) is 17.7 Å². The van der Waals surface area contributed by atoms with Crippen LogP contribution in [0.4, 0.5) is 0 Å². The van der Waals surface area contributed by atoms with E-state index in [-0.39, 0.29) is 5.78 Å². The Morgan fingerprint density at radius 3 is 2.75 bits per heavy atom. The van der Waals surface area contributed by atoms with Crippen LogP contribution in [0.5, 0.6) is 0 Å². The summed E-state index contributed by atoms with van der Waals surface area (Å²) in [6.07, 6.45) is 1.77. The lowest BCUT2D eigenvalue weighted by Gasteiger charge is -1.99. The topological polar surface area (TPSA) is 17.1 Å². The number of ketones is 1. The molecular formula is C10H9BrO. The minimum atomic E-state index is 0.0434. The first-order valence-corrected chi connectivity index (χ1v) is 4.42. The minimum Gasteiger partial charge on any atom is -0.295 e. The van der Waals surface area contributed by atoms with E-state index in [9.17, 15) is 4.79 Å². The Morgan fingerprint density at radius 1 is 1.50 bits per heavy atom. The molecule has 0 saturated heterocycles. The van der Waals surface area contributed by atoms with Gasteiger partial charge in [-0.25, -0.2) is 0 Å².